The second-order valence-electron chi connectivity index (χ2n) is 6.25. The molecule has 2 aromatic heterocycles. The zero-order chi connectivity index (χ0) is 20.3. The molecule has 2 heterocycles. The Balaban J connectivity index is 1.80. The normalized spacial score (nSPS) is 11.9. The Bertz CT molecular complexity index is 1000. The third-order valence-electron chi connectivity index (χ3n) is 4.37. The van der Waals surface area contributed by atoms with Crippen molar-refractivity contribution in [2.75, 3.05) is 16.8 Å². The lowest BCUT2D eigenvalue weighted by atomic mass is 10.1. The molecule has 9 heteroatoms. The number of pyridine rings is 1. The van der Waals surface area contributed by atoms with Crippen LogP contribution in [-0.4, -0.2) is 33.7 Å². The first-order valence-electron chi connectivity index (χ1n) is 8.85. The van der Waals surface area contributed by atoms with E-state index in [1.54, 1.807) is 6.92 Å². The molecule has 3 amide bonds. The van der Waals surface area contributed by atoms with Crippen LogP contribution in [0.1, 0.15) is 32.4 Å². The van der Waals surface area contributed by atoms with Crippen LogP contribution in [0.4, 0.5) is 20.8 Å². The fourth-order valence-corrected chi connectivity index (χ4v) is 2.91. The summed E-state index contributed by atoms with van der Waals surface area (Å²) in [5.74, 6) is -0.900. The van der Waals surface area contributed by atoms with Gasteiger partial charge in [-0.2, -0.15) is 5.10 Å². The molecule has 0 saturated carbocycles. The summed E-state index contributed by atoms with van der Waals surface area (Å²) in [6, 6.07) is 8.55. The van der Waals surface area contributed by atoms with E-state index >= 15 is 0 Å². The van der Waals surface area contributed by atoms with Gasteiger partial charge in [-0.05, 0) is 19.4 Å². The molecule has 3 rings (SSSR count). The highest BCUT2D eigenvalue weighted by Gasteiger charge is 2.21. The van der Waals surface area contributed by atoms with Crippen LogP contribution in [0, 0.1) is 5.82 Å². The molecule has 8 nitrogen and oxygen atoms in total. The summed E-state index contributed by atoms with van der Waals surface area (Å²) in [5.41, 5.74) is 0.986. The highest BCUT2D eigenvalue weighted by Crippen LogP contribution is 2.28. The quantitative estimate of drug-likeness (QED) is 0.628. The fourth-order valence-electron chi connectivity index (χ4n) is 2.91. The number of carbonyl (C=O) groups is 2. The zero-order valence-corrected chi connectivity index (χ0v) is 15.8. The summed E-state index contributed by atoms with van der Waals surface area (Å²) in [4.78, 5) is 29.3. The molecule has 0 aliphatic carbocycles. The number of aromatic nitrogens is 3. The Morgan fingerprint density at radius 2 is 2.00 bits per heavy atom. The molecular weight excluding hydrogens is 363 g/mol. The van der Waals surface area contributed by atoms with Gasteiger partial charge in [-0.25, -0.2) is 14.2 Å². The van der Waals surface area contributed by atoms with Crippen LogP contribution >= 0.6 is 0 Å². The van der Waals surface area contributed by atoms with E-state index in [9.17, 15) is 14.0 Å². The maximum Gasteiger partial charge on any atom is 0.320 e. The van der Waals surface area contributed by atoms with Crippen molar-refractivity contribution in [1.29, 1.82) is 0 Å². The van der Waals surface area contributed by atoms with Crippen LogP contribution in [0.3, 0.4) is 0 Å². The number of benzene rings is 1. The standard InChI is InChI=1S/C19H21FN6O2/c1-4-26(12(3)27)18-14-10-21-17(15(20)16(14)24-25-18)23-19(28)22-11(2)13-8-6-5-7-9-13/h5-11H,4H2,1-3H3,(H,24,25)(H2,21,22,23,28). The topological polar surface area (TPSA) is 103 Å². The van der Waals surface area contributed by atoms with Crippen molar-refractivity contribution < 1.29 is 14.0 Å². The Labute approximate surface area is 161 Å². The molecule has 0 radical (unpaired) electrons. The molecule has 1 unspecified atom stereocenters. The predicted octanol–water partition coefficient (Wildman–Crippen LogP) is 3.35. The fraction of sp³-hybridized carbons (Fsp3) is 0.263. The van der Waals surface area contributed by atoms with Crippen LogP contribution in [0.25, 0.3) is 10.9 Å². The number of nitrogens with zero attached hydrogens (tertiary/aromatic N) is 3. The Kier molecular flexibility index (Phi) is 5.53. The molecule has 1 aromatic carbocycles. The molecule has 0 bridgehead atoms. The third kappa shape index (κ3) is 3.78. The Morgan fingerprint density at radius 1 is 1.29 bits per heavy atom. The summed E-state index contributed by atoms with van der Waals surface area (Å²) < 4.78 is 14.8. The number of halogens is 1. The largest absolute Gasteiger partial charge is 0.331 e. The van der Waals surface area contributed by atoms with Gasteiger partial charge in [-0.3, -0.25) is 20.1 Å². The van der Waals surface area contributed by atoms with Gasteiger partial charge in [0.25, 0.3) is 0 Å². The van der Waals surface area contributed by atoms with Crippen molar-refractivity contribution in [2.45, 2.75) is 26.8 Å². The number of H-pyrrole nitrogens is 1. The SMILES string of the molecule is CCN(C(C)=O)c1n[nH]c2c(F)c(NC(=O)NC(C)c3ccccc3)ncc12. The molecule has 3 aromatic rings. The van der Waals surface area contributed by atoms with E-state index in [-0.39, 0.29) is 23.3 Å². The van der Waals surface area contributed by atoms with Gasteiger partial charge in [0.1, 0.15) is 5.52 Å². The monoisotopic (exact) mass is 384 g/mol. The first-order valence-corrected chi connectivity index (χ1v) is 8.85. The number of fused-ring (bicyclic) bond motifs is 1. The highest BCUT2D eigenvalue weighted by atomic mass is 19.1. The van der Waals surface area contributed by atoms with Gasteiger partial charge in [0, 0.05) is 19.7 Å². The van der Waals surface area contributed by atoms with Gasteiger partial charge >= 0.3 is 6.03 Å². The van der Waals surface area contributed by atoms with E-state index in [2.05, 4.69) is 25.8 Å². The summed E-state index contributed by atoms with van der Waals surface area (Å²) >= 11 is 0. The molecule has 0 spiro atoms. The van der Waals surface area contributed by atoms with E-state index in [0.29, 0.717) is 17.7 Å². The molecule has 3 N–H and O–H groups in total. The number of amides is 3. The van der Waals surface area contributed by atoms with Crippen LogP contribution in [-0.2, 0) is 4.79 Å². The summed E-state index contributed by atoms with van der Waals surface area (Å²) in [6.45, 7) is 5.41. The predicted molar refractivity (Wildman–Crippen MR) is 105 cm³/mol. The third-order valence-corrected chi connectivity index (χ3v) is 4.37. The number of hydrogen-bond acceptors (Lipinski definition) is 4. The van der Waals surface area contributed by atoms with Crippen molar-refractivity contribution >= 4 is 34.5 Å². The van der Waals surface area contributed by atoms with Crippen molar-refractivity contribution in [2.24, 2.45) is 0 Å². The second kappa shape index (κ2) is 8.03. The smallest absolute Gasteiger partial charge is 0.320 e. The van der Waals surface area contributed by atoms with Gasteiger partial charge in [0.05, 0.1) is 11.4 Å². The average molecular weight is 384 g/mol. The lowest BCUT2D eigenvalue weighted by Crippen LogP contribution is -2.31. The van der Waals surface area contributed by atoms with Gasteiger partial charge in [-0.1, -0.05) is 30.3 Å². The lowest BCUT2D eigenvalue weighted by Gasteiger charge is -2.16. The van der Waals surface area contributed by atoms with Gasteiger partial charge in [0.15, 0.2) is 17.5 Å². The van der Waals surface area contributed by atoms with Crippen molar-refractivity contribution in [3.05, 3.63) is 47.9 Å². The van der Waals surface area contributed by atoms with Crippen LogP contribution in [0.2, 0.25) is 0 Å². The van der Waals surface area contributed by atoms with Gasteiger partial charge in [-0.15, -0.1) is 0 Å². The van der Waals surface area contributed by atoms with Gasteiger partial charge < -0.3 is 5.32 Å². The first kappa shape index (κ1) is 19.3. The van der Waals surface area contributed by atoms with E-state index in [1.165, 1.54) is 18.0 Å². The maximum absolute atomic E-state index is 14.8. The number of aromatic amines is 1. The number of hydrogen-bond donors (Lipinski definition) is 3. The summed E-state index contributed by atoms with van der Waals surface area (Å²) in [7, 11) is 0. The lowest BCUT2D eigenvalue weighted by molar-refractivity contribution is -0.116. The number of anilines is 2. The molecule has 0 aliphatic rings. The number of urea groups is 1. The summed E-state index contributed by atoms with van der Waals surface area (Å²) in [5, 5.41) is 12.1. The van der Waals surface area contributed by atoms with Gasteiger partial charge in [0.2, 0.25) is 5.91 Å². The number of rotatable bonds is 5. The Hall–Kier alpha value is -3.49. The molecule has 1 atom stereocenters. The molecular formula is C19H21FN6O2. The van der Waals surface area contributed by atoms with E-state index in [4.69, 9.17) is 0 Å². The molecule has 0 fully saturated rings. The first-order chi connectivity index (χ1) is 13.4. The molecule has 0 aliphatic heterocycles. The van der Waals surface area contributed by atoms with Crippen molar-refractivity contribution in [3.8, 4) is 0 Å². The second-order valence-corrected chi connectivity index (χ2v) is 6.25. The van der Waals surface area contributed by atoms with Crippen LogP contribution in [0.15, 0.2) is 36.5 Å². The minimum absolute atomic E-state index is 0.0658. The number of nitrogens with one attached hydrogen (secondary N) is 3. The molecule has 146 valence electrons. The van der Waals surface area contributed by atoms with E-state index < -0.39 is 11.8 Å². The average Bonchev–Trinajstić information content (AvgIpc) is 3.09. The minimum atomic E-state index is -0.752. The molecule has 0 saturated heterocycles. The van der Waals surface area contributed by atoms with E-state index in [1.807, 2.05) is 37.3 Å². The van der Waals surface area contributed by atoms with Crippen molar-refractivity contribution in [3.63, 3.8) is 0 Å². The maximum atomic E-state index is 14.8. The number of carbonyl (C=O) groups excluding carboxylic acids is 2. The van der Waals surface area contributed by atoms with Crippen LogP contribution in [0.5, 0.6) is 0 Å². The Morgan fingerprint density at radius 3 is 2.64 bits per heavy atom. The van der Waals surface area contributed by atoms with E-state index in [0.717, 1.165) is 5.56 Å². The van der Waals surface area contributed by atoms with Crippen LogP contribution < -0.4 is 15.5 Å². The van der Waals surface area contributed by atoms with Crippen molar-refractivity contribution in [1.82, 2.24) is 20.5 Å². The highest BCUT2D eigenvalue weighted by molar-refractivity contribution is 6.01. The zero-order valence-electron chi connectivity index (χ0n) is 15.8. The molecule has 28 heavy (non-hydrogen) atoms. The summed E-state index contributed by atoms with van der Waals surface area (Å²) in [6.07, 6.45) is 1.37. The minimum Gasteiger partial charge on any atom is -0.331 e.